The summed E-state index contributed by atoms with van der Waals surface area (Å²) in [6, 6.07) is 14.9. The van der Waals surface area contributed by atoms with Crippen LogP contribution in [-0.2, 0) is 4.79 Å². The Morgan fingerprint density at radius 3 is 2.59 bits per heavy atom. The molecule has 3 N–H and O–H groups in total. The molecule has 0 fully saturated rings. The third kappa shape index (κ3) is 4.23. The number of rotatable bonds is 5. The predicted molar refractivity (Wildman–Crippen MR) is 143 cm³/mol. The highest BCUT2D eigenvalue weighted by Gasteiger charge is 2.15. The largest absolute Gasteiger partial charge is 0.352 e. The van der Waals surface area contributed by atoms with Gasteiger partial charge in [0, 0.05) is 40.7 Å². The number of aromatic nitrogens is 5. The molecule has 0 radical (unpaired) electrons. The number of carbonyl (C=O) groups excluding carboxylic acids is 1. The molecule has 0 saturated carbocycles. The van der Waals surface area contributed by atoms with E-state index in [0.717, 1.165) is 61.0 Å². The Morgan fingerprint density at radius 1 is 0.892 bits per heavy atom. The van der Waals surface area contributed by atoms with Gasteiger partial charge in [-0.2, -0.15) is 5.10 Å². The molecule has 6 rings (SSSR count). The van der Waals surface area contributed by atoms with Gasteiger partial charge in [0.15, 0.2) is 0 Å². The van der Waals surface area contributed by atoms with Crippen LogP contribution in [0.2, 0.25) is 0 Å². The highest BCUT2D eigenvalue weighted by atomic mass is 19.1. The number of nitrogens with one attached hydrogen (secondary N) is 3. The highest BCUT2D eigenvalue weighted by molar-refractivity contribution is 6.01. The Kier molecular flexibility index (Phi) is 5.49. The van der Waals surface area contributed by atoms with Crippen LogP contribution >= 0.6 is 0 Å². The van der Waals surface area contributed by atoms with Crippen LogP contribution in [0.1, 0.15) is 18.9 Å². The SMILES string of the molecule is CCC(=O)Nc1cncc(-c2ccc3[nH]nc(-c4cc5c(-c6cc(C)cc(F)c6)cncc5[nH]4)c3c2)c1. The van der Waals surface area contributed by atoms with E-state index in [4.69, 9.17) is 0 Å². The van der Waals surface area contributed by atoms with Crippen LogP contribution in [0.3, 0.4) is 0 Å². The van der Waals surface area contributed by atoms with Gasteiger partial charge in [-0.1, -0.05) is 19.1 Å². The normalized spacial score (nSPS) is 11.3. The quantitative estimate of drug-likeness (QED) is 0.252. The van der Waals surface area contributed by atoms with Gasteiger partial charge in [0.25, 0.3) is 0 Å². The Labute approximate surface area is 211 Å². The molecule has 0 aliphatic carbocycles. The molecule has 0 atom stereocenters. The average Bonchev–Trinajstić information content (AvgIpc) is 3.51. The molecule has 6 aromatic rings. The van der Waals surface area contributed by atoms with E-state index in [1.165, 1.54) is 12.1 Å². The van der Waals surface area contributed by atoms with E-state index >= 15 is 0 Å². The van der Waals surface area contributed by atoms with E-state index < -0.39 is 0 Å². The van der Waals surface area contributed by atoms with Crippen molar-refractivity contribution in [3.63, 3.8) is 0 Å². The lowest BCUT2D eigenvalue weighted by atomic mass is 10.0. The topological polar surface area (TPSA) is 99.3 Å². The van der Waals surface area contributed by atoms with Gasteiger partial charge in [-0.25, -0.2) is 4.39 Å². The van der Waals surface area contributed by atoms with E-state index in [1.54, 1.807) is 24.8 Å². The number of anilines is 1. The molecular formula is C29H23FN6O. The number of benzene rings is 2. The number of aryl methyl sites for hydroxylation is 1. The van der Waals surface area contributed by atoms with Crippen LogP contribution in [0, 0.1) is 12.7 Å². The van der Waals surface area contributed by atoms with E-state index in [1.807, 2.05) is 44.2 Å². The molecule has 0 bridgehead atoms. The van der Waals surface area contributed by atoms with Crippen LogP contribution in [0.25, 0.3) is 55.4 Å². The Hall–Kier alpha value is -4.85. The van der Waals surface area contributed by atoms with Gasteiger partial charge < -0.3 is 10.3 Å². The van der Waals surface area contributed by atoms with Crippen molar-refractivity contribution in [3.8, 4) is 33.6 Å². The number of hydrogen-bond acceptors (Lipinski definition) is 4. The van der Waals surface area contributed by atoms with E-state index in [0.29, 0.717) is 12.1 Å². The number of aromatic amines is 2. The number of nitrogens with zero attached hydrogens (tertiary/aromatic N) is 3. The maximum atomic E-state index is 14.1. The smallest absolute Gasteiger partial charge is 0.224 e. The lowest BCUT2D eigenvalue weighted by Crippen LogP contribution is -2.09. The number of fused-ring (bicyclic) bond motifs is 2. The second-order valence-corrected chi connectivity index (χ2v) is 9.05. The second-order valence-electron chi connectivity index (χ2n) is 9.05. The van der Waals surface area contributed by atoms with Crippen molar-refractivity contribution in [2.45, 2.75) is 20.3 Å². The van der Waals surface area contributed by atoms with Crippen molar-refractivity contribution < 1.29 is 9.18 Å². The molecule has 182 valence electrons. The molecule has 4 heterocycles. The Morgan fingerprint density at radius 2 is 1.76 bits per heavy atom. The van der Waals surface area contributed by atoms with Crippen LogP contribution in [0.15, 0.2) is 73.3 Å². The predicted octanol–water partition coefficient (Wildman–Crippen LogP) is 6.63. The summed E-state index contributed by atoms with van der Waals surface area (Å²) in [6.45, 7) is 3.68. The number of carbonyl (C=O) groups is 1. The monoisotopic (exact) mass is 490 g/mol. The summed E-state index contributed by atoms with van der Waals surface area (Å²) in [7, 11) is 0. The fourth-order valence-corrected chi connectivity index (χ4v) is 4.61. The number of halogens is 1. The van der Waals surface area contributed by atoms with Crippen molar-refractivity contribution in [2.75, 3.05) is 5.32 Å². The van der Waals surface area contributed by atoms with Gasteiger partial charge in [0.2, 0.25) is 5.91 Å². The zero-order valence-corrected chi connectivity index (χ0v) is 20.3. The number of H-pyrrole nitrogens is 2. The van der Waals surface area contributed by atoms with Crippen molar-refractivity contribution in [1.82, 2.24) is 25.1 Å². The summed E-state index contributed by atoms with van der Waals surface area (Å²) in [5.74, 6) is -0.339. The zero-order chi connectivity index (χ0) is 25.5. The van der Waals surface area contributed by atoms with E-state index in [2.05, 4.69) is 36.5 Å². The molecule has 0 unspecified atom stereocenters. The molecule has 2 aromatic carbocycles. The second kappa shape index (κ2) is 8.98. The van der Waals surface area contributed by atoms with Gasteiger partial charge in [0.1, 0.15) is 11.5 Å². The molecule has 0 aliphatic rings. The molecule has 1 amide bonds. The minimum absolute atomic E-state index is 0.0624. The molecule has 0 spiro atoms. The summed E-state index contributed by atoms with van der Waals surface area (Å²) in [4.78, 5) is 23.9. The first-order chi connectivity index (χ1) is 18.0. The summed E-state index contributed by atoms with van der Waals surface area (Å²) < 4.78 is 14.1. The molecule has 0 saturated heterocycles. The molecular weight excluding hydrogens is 467 g/mol. The molecule has 4 aromatic heterocycles. The van der Waals surface area contributed by atoms with Gasteiger partial charge in [0.05, 0.1) is 34.8 Å². The number of amides is 1. The maximum absolute atomic E-state index is 14.1. The number of pyridine rings is 2. The molecule has 37 heavy (non-hydrogen) atoms. The summed E-state index contributed by atoms with van der Waals surface area (Å²) >= 11 is 0. The number of hydrogen-bond donors (Lipinski definition) is 3. The maximum Gasteiger partial charge on any atom is 0.224 e. The van der Waals surface area contributed by atoms with Gasteiger partial charge >= 0.3 is 0 Å². The van der Waals surface area contributed by atoms with Crippen LogP contribution in [0.5, 0.6) is 0 Å². The van der Waals surface area contributed by atoms with Crippen molar-refractivity contribution in [3.05, 3.63) is 84.7 Å². The lowest BCUT2D eigenvalue weighted by molar-refractivity contribution is -0.115. The van der Waals surface area contributed by atoms with Gasteiger partial charge in [-0.3, -0.25) is 19.9 Å². The third-order valence-corrected chi connectivity index (χ3v) is 6.39. The fourth-order valence-electron chi connectivity index (χ4n) is 4.61. The first-order valence-corrected chi connectivity index (χ1v) is 12.0. The van der Waals surface area contributed by atoms with Gasteiger partial charge in [-0.05, 0) is 60.0 Å². The van der Waals surface area contributed by atoms with E-state index in [9.17, 15) is 9.18 Å². The average molecular weight is 491 g/mol. The van der Waals surface area contributed by atoms with Crippen molar-refractivity contribution in [2.24, 2.45) is 0 Å². The van der Waals surface area contributed by atoms with Crippen LogP contribution in [-0.4, -0.2) is 31.1 Å². The first kappa shape index (κ1) is 22.6. The van der Waals surface area contributed by atoms with E-state index in [-0.39, 0.29) is 11.7 Å². The lowest BCUT2D eigenvalue weighted by Gasteiger charge is -2.06. The summed E-state index contributed by atoms with van der Waals surface area (Å²) in [5.41, 5.74) is 8.27. The molecule has 8 heteroatoms. The zero-order valence-electron chi connectivity index (χ0n) is 20.3. The minimum Gasteiger partial charge on any atom is -0.352 e. The summed E-state index contributed by atoms with van der Waals surface area (Å²) in [6.07, 6.45) is 7.32. The highest BCUT2D eigenvalue weighted by Crippen LogP contribution is 2.35. The minimum atomic E-state index is -0.276. The molecule has 0 aliphatic heterocycles. The molecule has 7 nitrogen and oxygen atoms in total. The van der Waals surface area contributed by atoms with Crippen LogP contribution < -0.4 is 5.32 Å². The third-order valence-electron chi connectivity index (χ3n) is 6.39. The van der Waals surface area contributed by atoms with Gasteiger partial charge in [-0.15, -0.1) is 0 Å². The van der Waals surface area contributed by atoms with Crippen molar-refractivity contribution in [1.29, 1.82) is 0 Å². The Bertz CT molecular complexity index is 1780. The fraction of sp³-hybridized carbons (Fsp3) is 0.103. The van der Waals surface area contributed by atoms with Crippen LogP contribution in [0.4, 0.5) is 10.1 Å². The summed E-state index contributed by atoms with van der Waals surface area (Å²) in [5, 5.41) is 12.4. The van der Waals surface area contributed by atoms with Crippen molar-refractivity contribution >= 4 is 33.4 Å². The standard InChI is InChI=1S/C29H23FN6O/c1-3-28(37)33-21-9-19(12-31-13-21)17-4-5-25-23(10-17)29(36-35-25)26-11-22-24(14-32-15-27(22)34-26)18-6-16(2)7-20(30)8-18/h4-15,34H,3H2,1-2H3,(H,33,37)(H,35,36). The first-order valence-electron chi connectivity index (χ1n) is 12.0. The Balaban J connectivity index is 1.43.